The zero-order valence-electron chi connectivity index (χ0n) is 22.4. The Morgan fingerprint density at radius 3 is 1.95 bits per heavy atom. The molecule has 0 amide bonds. The van der Waals surface area contributed by atoms with Crippen molar-refractivity contribution in [1.82, 2.24) is 19.2 Å². The smallest absolute Gasteiger partial charge is 0.188 e. The summed E-state index contributed by atoms with van der Waals surface area (Å²) in [6.45, 7) is 0. The summed E-state index contributed by atoms with van der Waals surface area (Å²) in [5.41, 5.74) is 11.0. The molecule has 0 bridgehead atoms. The van der Waals surface area contributed by atoms with Crippen molar-refractivity contribution in [3.8, 4) is 16.9 Å². The second kappa shape index (κ2) is 9.24. The average molecular weight is 531 g/mol. The first-order chi connectivity index (χ1) is 20.3. The molecule has 2 N–H and O–H groups in total. The van der Waals surface area contributed by atoms with Gasteiger partial charge in [0.25, 0.3) is 0 Å². The second-order valence-corrected chi connectivity index (χ2v) is 10.1. The van der Waals surface area contributed by atoms with Crippen LogP contribution >= 0.6 is 0 Å². The van der Waals surface area contributed by atoms with Crippen molar-refractivity contribution in [3.05, 3.63) is 128 Å². The van der Waals surface area contributed by atoms with Crippen molar-refractivity contribution in [2.75, 3.05) is 17.8 Å². The molecule has 0 radical (unpaired) electrons. The van der Waals surface area contributed by atoms with Crippen LogP contribution in [0.4, 0.5) is 11.6 Å². The number of benzene rings is 5. The van der Waals surface area contributed by atoms with E-state index in [1.807, 2.05) is 37.4 Å². The van der Waals surface area contributed by atoms with Gasteiger partial charge in [-0.25, -0.2) is 9.97 Å². The summed E-state index contributed by atoms with van der Waals surface area (Å²) in [5.74, 6) is 1.33. The highest BCUT2D eigenvalue weighted by molar-refractivity contribution is 6.18. The predicted octanol–water partition coefficient (Wildman–Crippen LogP) is 8.27. The molecule has 0 saturated carbocycles. The summed E-state index contributed by atoms with van der Waals surface area (Å²) in [5, 5.41) is 8.01. The molecule has 0 atom stereocenters. The van der Waals surface area contributed by atoms with E-state index < -0.39 is 0 Å². The van der Waals surface area contributed by atoms with Gasteiger partial charge >= 0.3 is 0 Å². The third-order valence-corrected chi connectivity index (χ3v) is 7.78. The lowest BCUT2D eigenvalue weighted by Crippen LogP contribution is -2.13. The quantitative estimate of drug-likeness (QED) is 0.235. The minimum Gasteiger partial charge on any atom is -0.370 e. The maximum atomic E-state index is 5.00. The first-order valence-electron chi connectivity index (χ1n) is 13.7. The van der Waals surface area contributed by atoms with Crippen LogP contribution in [0.5, 0.6) is 0 Å². The van der Waals surface area contributed by atoms with E-state index in [0.29, 0.717) is 11.6 Å². The molecule has 5 aromatic carbocycles. The SMILES string of the molecule is CNc1ncc(-c2ccccc2)nc1Nn1c2ccccc2c2cc3c4ccccc4n(-c4ccccc4)c3cc21. The summed E-state index contributed by atoms with van der Waals surface area (Å²) in [6, 6.07) is 42.4. The normalized spacial score (nSPS) is 11.5. The fourth-order valence-electron chi connectivity index (χ4n) is 5.91. The zero-order chi connectivity index (χ0) is 27.3. The largest absolute Gasteiger partial charge is 0.370 e. The summed E-state index contributed by atoms with van der Waals surface area (Å²) < 4.78 is 4.48. The predicted molar refractivity (Wildman–Crippen MR) is 170 cm³/mol. The van der Waals surface area contributed by atoms with Crippen molar-refractivity contribution in [3.63, 3.8) is 0 Å². The Morgan fingerprint density at radius 1 is 0.561 bits per heavy atom. The fraction of sp³-hybridized carbons (Fsp3) is 0.0286. The number of rotatable bonds is 5. The van der Waals surface area contributed by atoms with E-state index in [2.05, 4.69) is 111 Å². The van der Waals surface area contributed by atoms with E-state index in [9.17, 15) is 0 Å². The maximum Gasteiger partial charge on any atom is 0.188 e. The van der Waals surface area contributed by atoms with E-state index in [0.717, 1.165) is 33.5 Å². The van der Waals surface area contributed by atoms with Crippen molar-refractivity contribution in [2.24, 2.45) is 0 Å². The standard InChI is InChI=1S/C35H26N6/c1-36-34-35(38-29(22-37-34)23-12-4-2-5-13-23)39-41-31-19-11-9-17-26(31)28-20-27-25-16-8-10-18-30(25)40(32(27)21-33(28)41)24-14-6-3-7-15-24/h2-22H,1H3,(H,36,37)(H,38,39). The number of anilines is 2. The van der Waals surface area contributed by atoms with Gasteiger partial charge in [0.2, 0.25) is 0 Å². The molecule has 0 saturated heterocycles. The topological polar surface area (TPSA) is 59.7 Å². The molecule has 8 rings (SSSR count). The first-order valence-corrected chi connectivity index (χ1v) is 13.7. The van der Waals surface area contributed by atoms with Gasteiger partial charge in [-0.3, -0.25) is 10.1 Å². The first kappa shape index (κ1) is 23.3. The molecule has 0 spiro atoms. The molecular weight excluding hydrogens is 504 g/mol. The number of fused-ring (bicyclic) bond motifs is 6. The Bertz CT molecular complexity index is 2210. The van der Waals surface area contributed by atoms with Gasteiger partial charge in [0.05, 0.1) is 34.0 Å². The van der Waals surface area contributed by atoms with Crippen molar-refractivity contribution in [2.45, 2.75) is 0 Å². The molecule has 6 heteroatoms. The minimum atomic E-state index is 0.653. The molecule has 0 aliphatic heterocycles. The second-order valence-electron chi connectivity index (χ2n) is 10.1. The molecule has 3 heterocycles. The molecule has 0 fully saturated rings. The highest BCUT2D eigenvalue weighted by Gasteiger charge is 2.19. The molecule has 0 aliphatic rings. The zero-order valence-corrected chi connectivity index (χ0v) is 22.4. The monoisotopic (exact) mass is 530 g/mol. The number of para-hydroxylation sites is 3. The van der Waals surface area contributed by atoms with Gasteiger partial charge in [-0.2, -0.15) is 0 Å². The van der Waals surface area contributed by atoms with Gasteiger partial charge in [-0.1, -0.05) is 84.9 Å². The van der Waals surface area contributed by atoms with Gasteiger partial charge in [0.1, 0.15) is 0 Å². The molecular formula is C35H26N6. The van der Waals surface area contributed by atoms with Gasteiger partial charge in [-0.15, -0.1) is 0 Å². The summed E-state index contributed by atoms with van der Waals surface area (Å²) in [4.78, 5) is 9.70. The molecule has 6 nitrogen and oxygen atoms in total. The van der Waals surface area contributed by atoms with Crippen LogP contribution < -0.4 is 10.7 Å². The van der Waals surface area contributed by atoms with E-state index in [-0.39, 0.29) is 0 Å². The van der Waals surface area contributed by atoms with E-state index >= 15 is 0 Å². The number of hydrogen-bond donors (Lipinski definition) is 2. The lowest BCUT2D eigenvalue weighted by molar-refractivity contribution is 1.02. The lowest BCUT2D eigenvalue weighted by Gasteiger charge is -2.15. The van der Waals surface area contributed by atoms with Crippen molar-refractivity contribution >= 4 is 55.2 Å². The highest BCUT2D eigenvalue weighted by Crippen LogP contribution is 2.38. The molecule has 196 valence electrons. The lowest BCUT2D eigenvalue weighted by atomic mass is 10.1. The molecule has 3 aromatic heterocycles. The van der Waals surface area contributed by atoms with Gasteiger partial charge in [0, 0.05) is 39.8 Å². The molecule has 0 unspecified atom stereocenters. The third-order valence-electron chi connectivity index (χ3n) is 7.78. The van der Waals surface area contributed by atoms with Crippen molar-refractivity contribution < 1.29 is 0 Å². The van der Waals surface area contributed by atoms with Crippen LogP contribution in [0.3, 0.4) is 0 Å². The van der Waals surface area contributed by atoms with Crippen LogP contribution in [0, 0.1) is 0 Å². The summed E-state index contributed by atoms with van der Waals surface area (Å²) >= 11 is 0. The van der Waals surface area contributed by atoms with Crippen LogP contribution in [0.15, 0.2) is 128 Å². The van der Waals surface area contributed by atoms with E-state index in [4.69, 9.17) is 9.97 Å². The fourth-order valence-corrected chi connectivity index (χ4v) is 5.91. The molecule has 0 aliphatic carbocycles. The van der Waals surface area contributed by atoms with E-state index in [1.165, 1.54) is 27.1 Å². The Morgan fingerprint density at radius 2 is 1.20 bits per heavy atom. The number of nitrogens with zero attached hydrogens (tertiary/aromatic N) is 4. The molecule has 8 aromatic rings. The van der Waals surface area contributed by atoms with Crippen LogP contribution in [0.2, 0.25) is 0 Å². The average Bonchev–Trinajstić information content (AvgIpc) is 3.53. The Hall–Kier alpha value is -5.62. The summed E-state index contributed by atoms with van der Waals surface area (Å²) in [7, 11) is 1.87. The Labute approximate surface area is 236 Å². The third kappa shape index (κ3) is 3.65. The van der Waals surface area contributed by atoms with Gasteiger partial charge < -0.3 is 9.88 Å². The van der Waals surface area contributed by atoms with Crippen LogP contribution in [-0.2, 0) is 0 Å². The van der Waals surface area contributed by atoms with Crippen LogP contribution in [0.25, 0.3) is 60.6 Å². The highest BCUT2D eigenvalue weighted by atomic mass is 15.4. The molecule has 41 heavy (non-hydrogen) atoms. The Kier molecular flexibility index (Phi) is 5.25. The van der Waals surface area contributed by atoms with Gasteiger partial charge in [0.15, 0.2) is 11.6 Å². The van der Waals surface area contributed by atoms with Crippen molar-refractivity contribution in [1.29, 1.82) is 0 Å². The summed E-state index contributed by atoms with van der Waals surface area (Å²) in [6.07, 6.45) is 1.81. The minimum absolute atomic E-state index is 0.653. The number of aromatic nitrogens is 4. The van der Waals surface area contributed by atoms with Gasteiger partial charge in [-0.05, 0) is 36.4 Å². The number of hydrogen-bond acceptors (Lipinski definition) is 4. The van der Waals surface area contributed by atoms with Crippen LogP contribution in [0.1, 0.15) is 0 Å². The van der Waals surface area contributed by atoms with Crippen LogP contribution in [-0.4, -0.2) is 26.3 Å². The Balaban J connectivity index is 1.41. The maximum absolute atomic E-state index is 5.00. The number of nitrogens with one attached hydrogen (secondary N) is 2. The van der Waals surface area contributed by atoms with E-state index in [1.54, 1.807) is 6.20 Å².